The van der Waals surface area contributed by atoms with Gasteiger partial charge in [-0.15, -0.1) is 0 Å². The number of hydrogen-bond donors (Lipinski definition) is 2. The van der Waals surface area contributed by atoms with Gasteiger partial charge in [0.05, 0.1) is 17.2 Å². The number of pyridine rings is 2. The van der Waals surface area contributed by atoms with Crippen LogP contribution in [0.15, 0.2) is 71.5 Å². The Morgan fingerprint density at radius 1 is 0.944 bits per heavy atom. The molecular weight excluding hydrogens is 464 g/mol. The van der Waals surface area contributed by atoms with E-state index < -0.39 is 0 Å². The second-order valence-electron chi connectivity index (χ2n) is 9.45. The van der Waals surface area contributed by atoms with Crippen molar-refractivity contribution in [1.82, 2.24) is 24.8 Å². The quantitative estimate of drug-likeness (QED) is 0.285. The van der Waals surface area contributed by atoms with Gasteiger partial charge in [-0.05, 0) is 77.8 Å². The minimum atomic E-state index is 0.810. The number of thiophene rings is 1. The monoisotopic (exact) mass is 492 g/mol. The van der Waals surface area contributed by atoms with Crippen LogP contribution in [0.4, 0.5) is 5.69 Å². The molecule has 0 spiro atoms. The molecule has 0 aliphatic carbocycles. The molecule has 7 heteroatoms. The van der Waals surface area contributed by atoms with Gasteiger partial charge in [0, 0.05) is 59.6 Å². The summed E-state index contributed by atoms with van der Waals surface area (Å²) in [5, 5.41) is 7.85. The number of aromatic amines is 1. The first kappa shape index (κ1) is 22.6. The van der Waals surface area contributed by atoms with Crippen LogP contribution in [-0.2, 0) is 6.54 Å². The van der Waals surface area contributed by atoms with Gasteiger partial charge in [-0.3, -0.25) is 9.97 Å². The van der Waals surface area contributed by atoms with Crippen LogP contribution in [0.3, 0.4) is 0 Å². The standard InChI is InChI=1S/C29H28N6S/c1-4-19-13-32-25-6-5-20(22-9-18(11-30-12-22)16-35(2)3)10-23(25)27(19)29-33-26-15-31-14-24(28(26)34-29)21-7-8-36-17-21/h5-12,14-15,17,32H,4,13,16H2,1-3H3,(H,33,34). The van der Waals surface area contributed by atoms with E-state index in [0.29, 0.717) is 0 Å². The van der Waals surface area contributed by atoms with Crippen molar-refractivity contribution in [3.05, 3.63) is 88.4 Å². The van der Waals surface area contributed by atoms with Gasteiger partial charge in [-0.2, -0.15) is 11.3 Å². The van der Waals surface area contributed by atoms with E-state index in [2.05, 4.69) is 87.3 Å². The first-order chi connectivity index (χ1) is 17.6. The van der Waals surface area contributed by atoms with Gasteiger partial charge < -0.3 is 15.2 Å². The number of H-pyrrole nitrogens is 1. The van der Waals surface area contributed by atoms with Crippen LogP contribution in [0.1, 0.15) is 30.3 Å². The second-order valence-corrected chi connectivity index (χ2v) is 10.2. The van der Waals surface area contributed by atoms with Crippen LogP contribution < -0.4 is 5.32 Å². The Labute approximate surface area is 214 Å². The highest BCUT2D eigenvalue weighted by Gasteiger charge is 2.23. The lowest BCUT2D eigenvalue weighted by molar-refractivity contribution is 0.402. The number of imidazole rings is 1. The smallest absolute Gasteiger partial charge is 0.139 e. The lowest BCUT2D eigenvalue weighted by atomic mass is 9.90. The molecule has 0 saturated carbocycles. The van der Waals surface area contributed by atoms with Gasteiger partial charge >= 0.3 is 0 Å². The van der Waals surface area contributed by atoms with E-state index in [9.17, 15) is 0 Å². The Balaban J connectivity index is 1.48. The topological polar surface area (TPSA) is 69.7 Å². The Morgan fingerprint density at radius 2 is 1.83 bits per heavy atom. The average molecular weight is 493 g/mol. The predicted molar refractivity (Wildman–Crippen MR) is 149 cm³/mol. The van der Waals surface area contributed by atoms with Crippen molar-refractivity contribution >= 4 is 33.6 Å². The molecule has 5 heterocycles. The van der Waals surface area contributed by atoms with Gasteiger partial charge in [-0.1, -0.05) is 13.0 Å². The summed E-state index contributed by atoms with van der Waals surface area (Å²) in [7, 11) is 4.15. The molecule has 0 atom stereocenters. The van der Waals surface area contributed by atoms with E-state index in [0.717, 1.165) is 69.9 Å². The summed E-state index contributed by atoms with van der Waals surface area (Å²) < 4.78 is 0. The highest BCUT2D eigenvalue weighted by molar-refractivity contribution is 7.08. The van der Waals surface area contributed by atoms with Crippen molar-refractivity contribution < 1.29 is 0 Å². The largest absolute Gasteiger partial charge is 0.381 e. The fourth-order valence-electron chi connectivity index (χ4n) is 4.94. The predicted octanol–water partition coefficient (Wildman–Crippen LogP) is 6.45. The van der Waals surface area contributed by atoms with E-state index in [1.54, 1.807) is 11.3 Å². The normalized spacial score (nSPS) is 13.3. The zero-order valence-corrected chi connectivity index (χ0v) is 21.5. The summed E-state index contributed by atoms with van der Waals surface area (Å²) in [4.78, 5) is 19.9. The Hall–Kier alpha value is -3.81. The molecule has 2 N–H and O–H groups in total. The number of hydrogen-bond acceptors (Lipinski definition) is 6. The van der Waals surface area contributed by atoms with Crippen LogP contribution in [0.25, 0.3) is 38.9 Å². The van der Waals surface area contributed by atoms with E-state index >= 15 is 0 Å². The molecule has 6 rings (SSSR count). The van der Waals surface area contributed by atoms with Crippen molar-refractivity contribution in [2.75, 3.05) is 26.0 Å². The summed E-state index contributed by atoms with van der Waals surface area (Å²) in [6.45, 7) is 3.88. The van der Waals surface area contributed by atoms with Crippen LogP contribution in [0.5, 0.6) is 0 Å². The van der Waals surface area contributed by atoms with Crippen LogP contribution in [-0.4, -0.2) is 45.5 Å². The molecule has 0 radical (unpaired) electrons. The number of anilines is 1. The Morgan fingerprint density at radius 3 is 2.64 bits per heavy atom. The lowest BCUT2D eigenvalue weighted by Crippen LogP contribution is -2.15. The first-order valence-corrected chi connectivity index (χ1v) is 13.1. The van der Waals surface area contributed by atoms with Crippen LogP contribution in [0.2, 0.25) is 0 Å². The molecule has 6 nitrogen and oxygen atoms in total. The SMILES string of the molecule is CCC1=C(c2nc3c(-c4ccsc4)cncc3[nH]2)c2cc(-c3cncc(CN(C)C)c3)ccc2NC1. The van der Waals surface area contributed by atoms with Crippen molar-refractivity contribution in [1.29, 1.82) is 0 Å². The van der Waals surface area contributed by atoms with Gasteiger partial charge in [0.25, 0.3) is 0 Å². The third-order valence-electron chi connectivity index (χ3n) is 6.65. The molecule has 5 aromatic rings. The van der Waals surface area contributed by atoms with E-state index in [-0.39, 0.29) is 0 Å². The number of rotatable bonds is 6. The van der Waals surface area contributed by atoms with Gasteiger partial charge in [0.2, 0.25) is 0 Å². The first-order valence-electron chi connectivity index (χ1n) is 12.2. The zero-order valence-electron chi connectivity index (χ0n) is 20.7. The summed E-state index contributed by atoms with van der Waals surface area (Å²) in [5.74, 6) is 0.894. The van der Waals surface area contributed by atoms with Crippen molar-refractivity contribution in [3.8, 4) is 22.3 Å². The third-order valence-corrected chi connectivity index (χ3v) is 7.33. The molecule has 0 amide bonds. The maximum atomic E-state index is 5.14. The maximum Gasteiger partial charge on any atom is 0.139 e. The molecule has 0 fully saturated rings. The van der Waals surface area contributed by atoms with Crippen molar-refractivity contribution in [2.45, 2.75) is 19.9 Å². The second kappa shape index (κ2) is 9.33. The Bertz CT molecular complexity index is 1580. The number of nitrogens with one attached hydrogen (secondary N) is 2. The number of fused-ring (bicyclic) bond motifs is 2. The van der Waals surface area contributed by atoms with Crippen molar-refractivity contribution in [3.63, 3.8) is 0 Å². The molecule has 1 aliphatic heterocycles. The lowest BCUT2D eigenvalue weighted by Gasteiger charge is -2.24. The summed E-state index contributed by atoms with van der Waals surface area (Å²) in [5.41, 5.74) is 12.4. The minimum Gasteiger partial charge on any atom is -0.381 e. The molecule has 180 valence electrons. The zero-order chi connectivity index (χ0) is 24.6. The highest BCUT2D eigenvalue weighted by atomic mass is 32.1. The van der Waals surface area contributed by atoms with E-state index in [4.69, 9.17) is 4.98 Å². The number of aromatic nitrogens is 4. The third kappa shape index (κ3) is 4.10. The van der Waals surface area contributed by atoms with Gasteiger partial charge in [-0.25, -0.2) is 4.98 Å². The molecule has 36 heavy (non-hydrogen) atoms. The summed E-state index contributed by atoms with van der Waals surface area (Å²) in [6.07, 6.45) is 8.61. The number of nitrogens with zero attached hydrogens (tertiary/aromatic N) is 4. The van der Waals surface area contributed by atoms with E-state index in [1.165, 1.54) is 16.7 Å². The molecule has 1 aromatic carbocycles. The van der Waals surface area contributed by atoms with Gasteiger partial charge in [0.1, 0.15) is 5.82 Å². The fraction of sp³-hybridized carbons (Fsp3) is 0.207. The molecule has 4 aromatic heterocycles. The summed E-state index contributed by atoms with van der Waals surface area (Å²) in [6, 6.07) is 11.0. The van der Waals surface area contributed by atoms with Crippen molar-refractivity contribution in [2.24, 2.45) is 0 Å². The molecular formula is C29H28N6S. The fourth-order valence-corrected chi connectivity index (χ4v) is 5.60. The van der Waals surface area contributed by atoms with Gasteiger partial charge in [0.15, 0.2) is 0 Å². The van der Waals surface area contributed by atoms with Crippen LogP contribution in [0, 0.1) is 0 Å². The van der Waals surface area contributed by atoms with E-state index in [1.807, 2.05) is 24.8 Å². The molecule has 1 aliphatic rings. The summed E-state index contributed by atoms with van der Waals surface area (Å²) >= 11 is 1.68. The molecule has 0 bridgehead atoms. The van der Waals surface area contributed by atoms with Crippen LogP contribution >= 0.6 is 11.3 Å². The minimum absolute atomic E-state index is 0.810. The highest BCUT2D eigenvalue weighted by Crippen LogP contribution is 2.39. The number of benzene rings is 1. The average Bonchev–Trinajstić information content (AvgIpc) is 3.57. The molecule has 0 unspecified atom stereocenters. The Kier molecular flexibility index (Phi) is 5.87. The molecule has 0 saturated heterocycles. The maximum absolute atomic E-state index is 5.14.